The maximum atomic E-state index is 12.5. The van der Waals surface area contributed by atoms with Crippen LogP contribution in [0.2, 0.25) is 0 Å². The van der Waals surface area contributed by atoms with E-state index in [9.17, 15) is 4.79 Å². The second-order valence-corrected chi connectivity index (χ2v) is 12.0. The van der Waals surface area contributed by atoms with Crippen LogP contribution in [-0.4, -0.2) is 37.6 Å². The molecule has 0 rings (SSSR count). The summed E-state index contributed by atoms with van der Waals surface area (Å²) in [6.07, 6.45) is 45.5. The summed E-state index contributed by atoms with van der Waals surface area (Å²) in [5, 5.41) is 0. The monoisotopic (exact) mass is 572 g/mol. The van der Waals surface area contributed by atoms with Gasteiger partial charge in [0.15, 0.2) is 0 Å². The van der Waals surface area contributed by atoms with E-state index in [0.29, 0.717) is 6.42 Å². The van der Waals surface area contributed by atoms with Gasteiger partial charge in [-0.05, 0) is 104 Å². The minimum Gasteiger partial charge on any atom is -0.462 e. The highest BCUT2D eigenvalue weighted by molar-refractivity contribution is 5.69. The number of ether oxygens (including phenoxy) is 1. The van der Waals surface area contributed by atoms with Gasteiger partial charge in [-0.3, -0.25) is 4.79 Å². The molecule has 0 aliphatic carbocycles. The van der Waals surface area contributed by atoms with Gasteiger partial charge in [-0.2, -0.15) is 0 Å². The van der Waals surface area contributed by atoms with Crippen molar-refractivity contribution in [2.24, 2.45) is 0 Å². The van der Waals surface area contributed by atoms with Crippen LogP contribution in [0.15, 0.2) is 48.6 Å². The van der Waals surface area contributed by atoms with Gasteiger partial charge in [0.05, 0.1) is 0 Å². The van der Waals surface area contributed by atoms with E-state index in [1.165, 1.54) is 103 Å². The first-order chi connectivity index (χ1) is 20.1. The number of hydrogen-bond donors (Lipinski definition) is 0. The second kappa shape index (κ2) is 32.9. The van der Waals surface area contributed by atoms with Crippen LogP contribution in [0.4, 0.5) is 0 Å². The Bertz CT molecular complexity index is 661. The van der Waals surface area contributed by atoms with Crippen LogP contribution >= 0.6 is 0 Å². The summed E-state index contributed by atoms with van der Waals surface area (Å²) in [5.41, 5.74) is 0. The molecule has 0 saturated heterocycles. The quantitative estimate of drug-likeness (QED) is 0.0488. The highest BCUT2D eigenvalue weighted by atomic mass is 16.5. The van der Waals surface area contributed by atoms with Gasteiger partial charge >= 0.3 is 5.97 Å². The standard InChI is InChI=1S/C38H69NO2/c1-5-7-9-11-13-15-17-19-21-23-25-27-29-31-34-37(41-38(40)35-32-36-39(3)4)33-30-28-26-24-22-20-18-16-14-12-10-8-6-2/h8-11,14-17,37H,5-7,12-13,18-36H2,1-4H3/b10-8-,11-9-,16-14-,17-15-. The molecule has 3 nitrogen and oxygen atoms in total. The Kier molecular flexibility index (Phi) is 31.6. The molecule has 0 N–H and O–H groups in total. The molecule has 0 saturated carbocycles. The van der Waals surface area contributed by atoms with Gasteiger partial charge in [-0.25, -0.2) is 0 Å². The predicted octanol–water partition coefficient (Wildman–Crippen LogP) is 11.7. The molecule has 1 unspecified atom stereocenters. The van der Waals surface area contributed by atoms with Crippen LogP contribution in [0.3, 0.4) is 0 Å². The lowest BCUT2D eigenvalue weighted by atomic mass is 10.0. The fourth-order valence-corrected chi connectivity index (χ4v) is 4.96. The fourth-order valence-electron chi connectivity index (χ4n) is 4.96. The third-order valence-corrected chi connectivity index (χ3v) is 7.48. The van der Waals surface area contributed by atoms with Gasteiger partial charge in [0, 0.05) is 6.42 Å². The molecule has 0 aromatic carbocycles. The van der Waals surface area contributed by atoms with Crippen molar-refractivity contribution in [3.8, 4) is 0 Å². The summed E-state index contributed by atoms with van der Waals surface area (Å²) in [5.74, 6) is 0.00370. The zero-order chi connectivity index (χ0) is 30.1. The van der Waals surface area contributed by atoms with Gasteiger partial charge in [0.2, 0.25) is 0 Å². The van der Waals surface area contributed by atoms with E-state index in [1.807, 2.05) is 0 Å². The van der Waals surface area contributed by atoms with Crippen LogP contribution in [0.5, 0.6) is 0 Å². The van der Waals surface area contributed by atoms with Crippen molar-refractivity contribution in [1.82, 2.24) is 4.90 Å². The van der Waals surface area contributed by atoms with Crippen molar-refractivity contribution >= 4 is 5.97 Å². The van der Waals surface area contributed by atoms with Crippen molar-refractivity contribution in [1.29, 1.82) is 0 Å². The van der Waals surface area contributed by atoms with E-state index < -0.39 is 0 Å². The van der Waals surface area contributed by atoms with E-state index >= 15 is 0 Å². The number of rotatable bonds is 30. The van der Waals surface area contributed by atoms with E-state index in [-0.39, 0.29) is 12.1 Å². The number of carbonyl (C=O) groups is 1. The maximum Gasteiger partial charge on any atom is 0.306 e. The Labute approximate surface area is 257 Å². The van der Waals surface area contributed by atoms with Crippen molar-refractivity contribution in [2.45, 2.75) is 168 Å². The molecule has 0 aromatic heterocycles. The lowest BCUT2D eigenvalue weighted by Crippen LogP contribution is -2.20. The molecule has 0 heterocycles. The minimum atomic E-state index is 0.00370. The van der Waals surface area contributed by atoms with Crippen molar-refractivity contribution in [2.75, 3.05) is 20.6 Å². The summed E-state index contributed by atoms with van der Waals surface area (Å²) < 4.78 is 5.97. The van der Waals surface area contributed by atoms with Crippen LogP contribution in [0, 0.1) is 0 Å². The molecule has 0 amide bonds. The molecule has 0 aliphatic rings. The normalized spacial score (nSPS) is 13.1. The SMILES string of the molecule is CC/C=C\C/C=C\CCCCCCCCC(CCCCCCCC/C=C\C/C=C\CCC)OC(=O)CCCN(C)C. The van der Waals surface area contributed by atoms with E-state index in [4.69, 9.17) is 4.74 Å². The molecule has 238 valence electrons. The lowest BCUT2D eigenvalue weighted by Gasteiger charge is -2.18. The average molecular weight is 572 g/mol. The van der Waals surface area contributed by atoms with Gasteiger partial charge < -0.3 is 9.64 Å². The Hall–Kier alpha value is -1.61. The molecule has 41 heavy (non-hydrogen) atoms. The molecule has 0 bridgehead atoms. The minimum absolute atomic E-state index is 0.00370. The lowest BCUT2D eigenvalue weighted by molar-refractivity contribution is -0.150. The van der Waals surface area contributed by atoms with E-state index in [2.05, 4.69) is 81.5 Å². The largest absolute Gasteiger partial charge is 0.462 e. The predicted molar refractivity (Wildman–Crippen MR) is 183 cm³/mol. The number of esters is 1. The van der Waals surface area contributed by atoms with E-state index in [1.54, 1.807) is 0 Å². The van der Waals surface area contributed by atoms with Crippen LogP contribution < -0.4 is 0 Å². The maximum absolute atomic E-state index is 12.5. The molecule has 3 heteroatoms. The first-order valence-corrected chi connectivity index (χ1v) is 17.5. The zero-order valence-electron chi connectivity index (χ0n) is 27.9. The Morgan fingerprint density at radius 2 is 1.05 bits per heavy atom. The number of nitrogens with zero attached hydrogens (tertiary/aromatic N) is 1. The summed E-state index contributed by atoms with van der Waals surface area (Å²) in [6.45, 7) is 5.34. The van der Waals surface area contributed by atoms with Crippen LogP contribution in [-0.2, 0) is 9.53 Å². The second-order valence-electron chi connectivity index (χ2n) is 12.0. The van der Waals surface area contributed by atoms with Gasteiger partial charge in [-0.1, -0.05) is 120 Å². The summed E-state index contributed by atoms with van der Waals surface area (Å²) in [4.78, 5) is 14.6. The molecular weight excluding hydrogens is 502 g/mol. The Morgan fingerprint density at radius 3 is 1.54 bits per heavy atom. The van der Waals surface area contributed by atoms with E-state index in [0.717, 1.165) is 45.1 Å². The fraction of sp³-hybridized carbons (Fsp3) is 0.763. The first-order valence-electron chi connectivity index (χ1n) is 17.5. The molecule has 0 radical (unpaired) electrons. The number of allylic oxidation sites excluding steroid dienone is 8. The molecule has 0 fully saturated rings. The third kappa shape index (κ3) is 32.8. The number of hydrogen-bond acceptors (Lipinski definition) is 3. The van der Waals surface area contributed by atoms with Crippen molar-refractivity contribution < 1.29 is 9.53 Å². The number of unbranched alkanes of at least 4 members (excludes halogenated alkanes) is 13. The van der Waals surface area contributed by atoms with Gasteiger partial charge in [0.25, 0.3) is 0 Å². The van der Waals surface area contributed by atoms with Gasteiger partial charge in [0.1, 0.15) is 6.10 Å². The number of carbonyl (C=O) groups excluding carboxylic acids is 1. The summed E-state index contributed by atoms with van der Waals surface area (Å²) in [6, 6.07) is 0. The van der Waals surface area contributed by atoms with Gasteiger partial charge in [-0.15, -0.1) is 0 Å². The third-order valence-electron chi connectivity index (χ3n) is 7.48. The highest BCUT2D eigenvalue weighted by Gasteiger charge is 2.14. The highest BCUT2D eigenvalue weighted by Crippen LogP contribution is 2.18. The Balaban J connectivity index is 4.04. The summed E-state index contributed by atoms with van der Waals surface area (Å²) in [7, 11) is 4.11. The smallest absolute Gasteiger partial charge is 0.306 e. The van der Waals surface area contributed by atoms with Crippen molar-refractivity contribution in [3.05, 3.63) is 48.6 Å². The Morgan fingerprint density at radius 1 is 0.585 bits per heavy atom. The van der Waals surface area contributed by atoms with Crippen LogP contribution in [0.25, 0.3) is 0 Å². The first kappa shape index (κ1) is 39.4. The molecule has 1 atom stereocenters. The summed E-state index contributed by atoms with van der Waals surface area (Å²) >= 11 is 0. The average Bonchev–Trinajstić information content (AvgIpc) is 2.95. The molecule has 0 aromatic rings. The topological polar surface area (TPSA) is 29.5 Å². The van der Waals surface area contributed by atoms with Crippen LogP contribution in [0.1, 0.15) is 162 Å². The van der Waals surface area contributed by atoms with Crippen molar-refractivity contribution in [3.63, 3.8) is 0 Å². The molecule has 0 spiro atoms. The molecular formula is C38H69NO2. The molecule has 0 aliphatic heterocycles. The zero-order valence-corrected chi connectivity index (χ0v) is 27.9.